The van der Waals surface area contributed by atoms with E-state index >= 15 is 0 Å². The molecule has 1 rings (SSSR count). The number of amides is 1. The van der Waals surface area contributed by atoms with Gasteiger partial charge in [-0.3, -0.25) is 10.2 Å². The molecule has 0 radical (unpaired) electrons. The van der Waals surface area contributed by atoms with Crippen LogP contribution in [-0.2, 0) is 4.79 Å². The molecule has 102 valence electrons. The van der Waals surface area contributed by atoms with E-state index in [1.54, 1.807) is 36.4 Å². The van der Waals surface area contributed by atoms with E-state index in [1.807, 2.05) is 13.8 Å². The molecule has 1 aromatic rings. The molecule has 0 unspecified atom stereocenters. The lowest BCUT2D eigenvalue weighted by Gasteiger charge is -2.07. The van der Waals surface area contributed by atoms with Crippen LogP contribution in [0, 0.1) is 28.6 Å². The number of rotatable bonds is 5. The highest BCUT2D eigenvalue weighted by Gasteiger charge is 2.05. The molecule has 0 aliphatic rings. The van der Waals surface area contributed by atoms with Crippen LogP contribution in [0.3, 0.4) is 0 Å². The molecule has 1 amide bonds. The van der Waals surface area contributed by atoms with Crippen molar-refractivity contribution >= 4 is 23.0 Å². The molecule has 0 aliphatic carbocycles. The highest BCUT2D eigenvalue weighted by molar-refractivity contribution is 6.10. The number of hydrogen-bond acceptors (Lipinski definition) is 5. The van der Waals surface area contributed by atoms with E-state index in [2.05, 4.69) is 15.8 Å². The number of carbonyl (C=O) groups is 1. The predicted molar refractivity (Wildman–Crippen MR) is 76.8 cm³/mol. The molecular formula is C14H15N5O. The molecule has 0 atom stereocenters. The fraction of sp³-hybridized carbons (Fsp3) is 0.286. The Kier molecular flexibility index (Phi) is 5.74. The summed E-state index contributed by atoms with van der Waals surface area (Å²) in [5.74, 6) is 0.274. The van der Waals surface area contributed by atoms with Crippen LogP contribution in [0.1, 0.15) is 20.3 Å². The smallest absolute Gasteiger partial charge is 0.237 e. The van der Waals surface area contributed by atoms with Gasteiger partial charge in [-0.15, -0.1) is 0 Å². The Hall–Kier alpha value is -2.86. The molecule has 0 spiro atoms. The number of nitriles is 2. The third kappa shape index (κ3) is 5.19. The van der Waals surface area contributed by atoms with Crippen molar-refractivity contribution in [2.75, 3.05) is 10.7 Å². The predicted octanol–water partition coefficient (Wildman–Crippen LogP) is 2.49. The van der Waals surface area contributed by atoms with Crippen molar-refractivity contribution < 1.29 is 4.79 Å². The van der Waals surface area contributed by atoms with Crippen molar-refractivity contribution in [1.29, 1.82) is 10.5 Å². The first kappa shape index (κ1) is 15.2. The molecule has 20 heavy (non-hydrogen) atoms. The molecule has 0 saturated heterocycles. The minimum absolute atomic E-state index is 0.0324. The lowest BCUT2D eigenvalue weighted by molar-refractivity contribution is -0.116. The van der Waals surface area contributed by atoms with E-state index < -0.39 is 0 Å². The summed E-state index contributed by atoms with van der Waals surface area (Å²) in [6, 6.07) is 10.1. The normalized spacial score (nSPS) is 9.25. The Balaban J connectivity index is 2.62. The average molecular weight is 269 g/mol. The Morgan fingerprint density at radius 1 is 1.20 bits per heavy atom. The Morgan fingerprint density at radius 3 is 2.25 bits per heavy atom. The van der Waals surface area contributed by atoms with Gasteiger partial charge in [-0.25, -0.2) is 0 Å². The standard InChI is InChI=1S/C14H15N5O/c1-10(2)7-14(20)17-11-3-5-12(6-4-11)18-19-13(8-15)9-16/h3-6,10,18H,7H2,1-2H3,(H,17,20). The second kappa shape index (κ2) is 7.55. The number of carbonyl (C=O) groups excluding carboxylic acids is 1. The van der Waals surface area contributed by atoms with Crippen molar-refractivity contribution in [1.82, 2.24) is 0 Å². The molecule has 1 aromatic carbocycles. The molecule has 6 heteroatoms. The lowest BCUT2D eigenvalue weighted by atomic mass is 10.1. The van der Waals surface area contributed by atoms with Crippen LogP contribution in [-0.4, -0.2) is 11.6 Å². The molecule has 6 nitrogen and oxygen atoms in total. The van der Waals surface area contributed by atoms with Crippen molar-refractivity contribution in [3.8, 4) is 12.1 Å². The Labute approximate surface area is 117 Å². The zero-order valence-electron chi connectivity index (χ0n) is 11.3. The first-order chi connectivity index (χ1) is 9.55. The lowest BCUT2D eigenvalue weighted by Crippen LogP contribution is -2.13. The summed E-state index contributed by atoms with van der Waals surface area (Å²) in [6.45, 7) is 3.96. The fourth-order valence-corrected chi connectivity index (χ4v) is 1.41. The molecular weight excluding hydrogens is 254 g/mol. The van der Waals surface area contributed by atoms with Crippen LogP contribution in [0.5, 0.6) is 0 Å². The number of hydrogen-bond donors (Lipinski definition) is 2. The summed E-state index contributed by atoms with van der Waals surface area (Å²) in [5, 5.41) is 23.5. The van der Waals surface area contributed by atoms with Crippen LogP contribution in [0.4, 0.5) is 11.4 Å². The third-order valence-electron chi connectivity index (χ3n) is 2.27. The minimum Gasteiger partial charge on any atom is -0.326 e. The van der Waals surface area contributed by atoms with Crippen LogP contribution in [0.15, 0.2) is 29.4 Å². The summed E-state index contributed by atoms with van der Waals surface area (Å²) >= 11 is 0. The maximum atomic E-state index is 11.6. The van der Waals surface area contributed by atoms with E-state index in [4.69, 9.17) is 10.5 Å². The van der Waals surface area contributed by atoms with Crippen molar-refractivity contribution in [3.05, 3.63) is 24.3 Å². The van der Waals surface area contributed by atoms with Gasteiger partial charge in [-0.05, 0) is 30.2 Å². The topological polar surface area (TPSA) is 101 Å². The number of nitrogens with one attached hydrogen (secondary N) is 2. The van der Waals surface area contributed by atoms with E-state index in [0.717, 1.165) is 0 Å². The molecule has 0 aromatic heterocycles. The first-order valence-electron chi connectivity index (χ1n) is 6.09. The number of anilines is 2. The highest BCUT2D eigenvalue weighted by Crippen LogP contribution is 2.14. The van der Waals surface area contributed by atoms with Crippen LogP contribution in [0.2, 0.25) is 0 Å². The van der Waals surface area contributed by atoms with Gasteiger partial charge < -0.3 is 5.32 Å². The van der Waals surface area contributed by atoms with Gasteiger partial charge in [0.05, 0.1) is 5.69 Å². The average Bonchev–Trinajstić information content (AvgIpc) is 2.40. The van der Waals surface area contributed by atoms with Gasteiger partial charge in [0.1, 0.15) is 12.1 Å². The number of nitrogens with zero attached hydrogens (tertiary/aromatic N) is 3. The van der Waals surface area contributed by atoms with Gasteiger partial charge in [-0.2, -0.15) is 15.6 Å². The summed E-state index contributed by atoms with van der Waals surface area (Å²) in [6.07, 6.45) is 0.470. The van der Waals surface area contributed by atoms with E-state index in [-0.39, 0.29) is 11.6 Å². The maximum absolute atomic E-state index is 11.6. The van der Waals surface area contributed by atoms with Gasteiger partial charge >= 0.3 is 0 Å². The van der Waals surface area contributed by atoms with Gasteiger partial charge in [0.2, 0.25) is 11.6 Å². The van der Waals surface area contributed by atoms with Gasteiger partial charge in [-0.1, -0.05) is 13.8 Å². The largest absolute Gasteiger partial charge is 0.326 e. The molecule has 2 N–H and O–H groups in total. The van der Waals surface area contributed by atoms with Crippen LogP contribution in [0.25, 0.3) is 0 Å². The fourth-order valence-electron chi connectivity index (χ4n) is 1.41. The molecule has 0 fully saturated rings. The Bertz CT molecular complexity index is 559. The maximum Gasteiger partial charge on any atom is 0.237 e. The Morgan fingerprint density at radius 2 is 1.75 bits per heavy atom. The molecule has 0 aliphatic heterocycles. The molecule has 0 heterocycles. The highest BCUT2D eigenvalue weighted by atomic mass is 16.1. The first-order valence-corrected chi connectivity index (χ1v) is 6.09. The van der Waals surface area contributed by atoms with Gasteiger partial charge in [0, 0.05) is 12.1 Å². The quantitative estimate of drug-likeness (QED) is 0.633. The van der Waals surface area contributed by atoms with Gasteiger partial charge in [0.25, 0.3) is 0 Å². The summed E-state index contributed by atoms with van der Waals surface area (Å²) in [4.78, 5) is 11.6. The van der Waals surface area contributed by atoms with E-state index in [1.165, 1.54) is 0 Å². The molecule has 0 bridgehead atoms. The second-order valence-electron chi connectivity index (χ2n) is 4.52. The molecule has 0 saturated carbocycles. The number of hydrazone groups is 1. The van der Waals surface area contributed by atoms with E-state index in [0.29, 0.717) is 23.7 Å². The van der Waals surface area contributed by atoms with Crippen molar-refractivity contribution in [3.63, 3.8) is 0 Å². The summed E-state index contributed by atoms with van der Waals surface area (Å²) in [5.41, 5.74) is 3.65. The zero-order chi connectivity index (χ0) is 15.0. The third-order valence-corrected chi connectivity index (χ3v) is 2.27. The summed E-state index contributed by atoms with van der Waals surface area (Å²) in [7, 11) is 0. The van der Waals surface area contributed by atoms with Crippen molar-refractivity contribution in [2.45, 2.75) is 20.3 Å². The SMILES string of the molecule is CC(C)CC(=O)Nc1ccc(NN=C(C#N)C#N)cc1. The van der Waals surface area contributed by atoms with Gasteiger partial charge in [0.15, 0.2) is 0 Å². The van der Waals surface area contributed by atoms with E-state index in [9.17, 15) is 4.79 Å². The second-order valence-corrected chi connectivity index (χ2v) is 4.52. The number of benzene rings is 1. The minimum atomic E-state index is -0.251. The van der Waals surface area contributed by atoms with Crippen LogP contribution < -0.4 is 10.7 Å². The monoisotopic (exact) mass is 269 g/mol. The summed E-state index contributed by atoms with van der Waals surface area (Å²) < 4.78 is 0. The van der Waals surface area contributed by atoms with Crippen LogP contribution >= 0.6 is 0 Å². The zero-order valence-corrected chi connectivity index (χ0v) is 11.3. The van der Waals surface area contributed by atoms with Crippen molar-refractivity contribution in [2.24, 2.45) is 11.0 Å².